The summed E-state index contributed by atoms with van der Waals surface area (Å²) in [6.45, 7) is 4.37. The van der Waals surface area contributed by atoms with Crippen LogP contribution in [0.2, 0.25) is 0 Å². The first-order valence-corrected chi connectivity index (χ1v) is 28.1. The molecule has 4 aliphatic heterocycles. The van der Waals surface area contributed by atoms with Crippen LogP contribution in [0.3, 0.4) is 0 Å². The molecule has 8 aromatic rings. The van der Waals surface area contributed by atoms with Crippen molar-refractivity contribution in [3.8, 4) is 45.8 Å². The van der Waals surface area contributed by atoms with Crippen molar-refractivity contribution in [1.82, 2.24) is 29.7 Å². The number of amides is 2. The fourth-order valence-electron chi connectivity index (χ4n) is 10.1. The summed E-state index contributed by atoms with van der Waals surface area (Å²) in [5.41, 5.74) is 4.99. The molecule has 5 atom stereocenters. The van der Waals surface area contributed by atoms with E-state index in [4.69, 9.17) is 18.9 Å². The van der Waals surface area contributed by atoms with E-state index in [1.165, 1.54) is 0 Å². The minimum Gasteiger partial charge on any atom is -0.488 e. The Labute approximate surface area is 468 Å². The van der Waals surface area contributed by atoms with Crippen molar-refractivity contribution in [3.63, 3.8) is 0 Å². The van der Waals surface area contributed by atoms with E-state index in [-0.39, 0.29) is 95.8 Å². The van der Waals surface area contributed by atoms with Crippen molar-refractivity contribution in [1.29, 1.82) is 0 Å². The van der Waals surface area contributed by atoms with E-state index in [1.807, 2.05) is 133 Å². The summed E-state index contributed by atoms with van der Waals surface area (Å²) in [4.78, 5) is 94.9. The summed E-state index contributed by atoms with van der Waals surface area (Å²) >= 11 is 3.19. The molecular weight excluding hydrogens is 1050 g/mol. The van der Waals surface area contributed by atoms with Crippen LogP contribution in [0.15, 0.2) is 190 Å². The number of carbonyl (C=O) groups excluding carboxylic acids is 4. The van der Waals surface area contributed by atoms with Crippen LogP contribution < -0.4 is 30.1 Å². The number of nitrogens with zero attached hydrogens (tertiary/aromatic N) is 4. The Bertz CT molecular complexity index is 3790. The predicted octanol–water partition coefficient (Wildman–Crippen LogP) is 9.62. The number of fused-ring (bicyclic) bond motifs is 4. The number of aromatic amines is 2. The fourth-order valence-corrected chi connectivity index (χ4v) is 13.0. The van der Waals surface area contributed by atoms with E-state index in [0.29, 0.717) is 79.9 Å². The Morgan fingerprint density at radius 1 is 0.575 bits per heavy atom. The minimum absolute atomic E-state index is 0.0259. The van der Waals surface area contributed by atoms with Crippen LogP contribution in [0.1, 0.15) is 26.7 Å². The summed E-state index contributed by atoms with van der Waals surface area (Å²) in [6, 6.07) is 47.5. The second-order valence-corrected chi connectivity index (χ2v) is 21.7. The van der Waals surface area contributed by atoms with Crippen LogP contribution >= 0.6 is 23.5 Å². The number of ether oxygens (including phenoxy) is 4. The molecule has 2 aromatic heterocycles. The van der Waals surface area contributed by atoms with Gasteiger partial charge < -0.3 is 38.7 Å². The van der Waals surface area contributed by atoms with E-state index < -0.39 is 0 Å². The summed E-state index contributed by atoms with van der Waals surface area (Å²) < 4.78 is 23.5. The van der Waals surface area contributed by atoms with E-state index in [9.17, 15) is 28.8 Å². The first-order valence-electron chi connectivity index (χ1n) is 26.1. The van der Waals surface area contributed by atoms with Gasteiger partial charge in [-0.2, -0.15) is 0 Å². The number of H-pyrrole nitrogens is 2. The second-order valence-electron chi connectivity index (χ2n) is 19.6. The van der Waals surface area contributed by atoms with E-state index in [0.717, 1.165) is 16.8 Å². The number of rotatable bonds is 18. The van der Waals surface area contributed by atoms with Crippen molar-refractivity contribution in [3.05, 3.63) is 201 Å². The number of nitrogens with one attached hydrogen (secondary N) is 2. The summed E-state index contributed by atoms with van der Waals surface area (Å²) in [5, 5.41) is 2.96. The molecule has 16 nitrogen and oxygen atoms in total. The van der Waals surface area contributed by atoms with Gasteiger partial charge in [0.1, 0.15) is 61.1 Å². The maximum absolute atomic E-state index is 13.0. The molecule has 18 heteroatoms. The van der Waals surface area contributed by atoms with Crippen LogP contribution in [0.25, 0.3) is 44.6 Å². The molecule has 80 heavy (non-hydrogen) atoms. The topological polar surface area (TPSA) is 203 Å². The summed E-state index contributed by atoms with van der Waals surface area (Å²) in [5.74, 6) is 3.06. The minimum atomic E-state index is -0.352. The molecule has 0 aliphatic carbocycles. The van der Waals surface area contributed by atoms with Crippen molar-refractivity contribution < 1.29 is 38.1 Å². The predicted molar refractivity (Wildman–Crippen MR) is 308 cm³/mol. The quantitative estimate of drug-likeness (QED) is 0.0769. The Morgan fingerprint density at radius 3 is 1.60 bits per heavy atom. The third-order valence-electron chi connectivity index (χ3n) is 14.4. The molecule has 0 saturated carbocycles. The van der Waals surface area contributed by atoms with Crippen LogP contribution in [0, 0.1) is 11.8 Å². The number of ketones is 2. The number of hydrogen-bond acceptors (Lipinski definition) is 14. The molecule has 2 saturated heterocycles. The lowest BCUT2D eigenvalue weighted by atomic mass is 9.89. The van der Waals surface area contributed by atoms with Crippen molar-refractivity contribution in [2.45, 2.75) is 43.5 Å². The average molecular weight is 1110 g/mol. The lowest BCUT2D eigenvalue weighted by Crippen LogP contribution is -2.64. The van der Waals surface area contributed by atoms with Crippen LogP contribution in [0.4, 0.5) is 0 Å². The maximum atomic E-state index is 13.0. The van der Waals surface area contributed by atoms with E-state index in [1.54, 1.807) is 77.0 Å². The molecule has 2 N–H and O–H groups in total. The zero-order chi connectivity index (χ0) is 55.3. The van der Waals surface area contributed by atoms with Crippen LogP contribution in [-0.2, 0) is 19.2 Å². The number of allylic oxidation sites excluding steroid dienone is 1. The van der Waals surface area contributed by atoms with Gasteiger partial charge in [0.15, 0.2) is 11.6 Å². The zero-order valence-corrected chi connectivity index (χ0v) is 45.2. The van der Waals surface area contributed by atoms with Gasteiger partial charge in [0, 0.05) is 24.3 Å². The third-order valence-corrected chi connectivity index (χ3v) is 17.1. The molecular formula is C62H54N6O10S2. The largest absolute Gasteiger partial charge is 0.488 e. The number of hydrogen-bond donors (Lipinski definition) is 2. The van der Waals surface area contributed by atoms with Gasteiger partial charge in [-0.1, -0.05) is 84.9 Å². The smallest absolute Gasteiger partial charge is 0.259 e. The molecule has 6 heterocycles. The highest BCUT2D eigenvalue weighted by Crippen LogP contribution is 2.46. The molecule has 2 fully saturated rings. The molecule has 4 aliphatic rings. The molecule has 0 spiro atoms. The number of carbonyl (C=O) groups is 4. The van der Waals surface area contributed by atoms with Crippen molar-refractivity contribution in [2.24, 2.45) is 11.8 Å². The Balaban J connectivity index is 0.000000169. The van der Waals surface area contributed by atoms with Crippen molar-refractivity contribution >= 4 is 68.7 Å². The number of para-hydroxylation sites is 6. The molecule has 2 amide bonds. The highest BCUT2D eigenvalue weighted by atomic mass is 32.2. The van der Waals surface area contributed by atoms with Gasteiger partial charge in [-0.25, -0.2) is 9.97 Å². The maximum Gasteiger partial charge on any atom is 0.259 e. The lowest BCUT2D eigenvalue weighted by Gasteiger charge is -2.52. The number of β-lactam (4-membered cyclic amide) rings is 2. The number of aromatic nitrogens is 4. The zero-order valence-electron chi connectivity index (χ0n) is 43.6. The standard InChI is InChI=1S/2C31H27N3O5S/c2*1-19-20(18-40-31-25(30(37)34(19)31)15-21(35)17-38-22-9-3-2-4-10-22)16-39-27-14-8-6-12-24(27)28-32-26-13-7-5-11-23(26)29(36)33-28/h2-14,25,31H,15-18H2,1H3,(H,32,33,36);2-14,18-19,25,31H,15-17H2,1H3,(H,32,33,36). The van der Waals surface area contributed by atoms with Gasteiger partial charge in [0.25, 0.3) is 11.1 Å². The summed E-state index contributed by atoms with van der Waals surface area (Å²) in [6.07, 6.45) is 0.333. The first kappa shape index (κ1) is 53.3. The molecule has 6 aromatic carbocycles. The monoisotopic (exact) mass is 1110 g/mol. The fraction of sp³-hybridized carbons (Fsp3) is 0.226. The van der Waals surface area contributed by atoms with Crippen molar-refractivity contribution in [2.75, 3.05) is 32.2 Å². The summed E-state index contributed by atoms with van der Waals surface area (Å²) in [7, 11) is 0. The van der Waals surface area contributed by atoms with Gasteiger partial charge in [0.2, 0.25) is 11.8 Å². The van der Waals surface area contributed by atoms with E-state index >= 15 is 0 Å². The average Bonchev–Trinajstić information content (AvgIpc) is 3.49. The number of thioether (sulfide) groups is 2. The lowest BCUT2D eigenvalue weighted by molar-refractivity contribution is -0.155. The van der Waals surface area contributed by atoms with Gasteiger partial charge in [0.05, 0.1) is 61.6 Å². The normalized spacial score (nSPS) is 19.1. The Morgan fingerprint density at radius 2 is 1.05 bits per heavy atom. The SMILES string of the molecule is CC1=C(COc2ccccc2-c2nc3ccccc3c(=O)[nH]2)CSC2C(CC(=O)COc3ccccc3)C(=O)N12.CC1C(COc2ccccc2-c2nc3ccccc3c(=O)[nH]2)=CSC2C(CC(=O)COc3ccccc3)C(=O)N12. The Hall–Kier alpha value is -8.74. The molecule has 0 radical (unpaired) electrons. The van der Waals surface area contributed by atoms with E-state index in [2.05, 4.69) is 19.9 Å². The van der Waals surface area contributed by atoms with Crippen LogP contribution in [0.5, 0.6) is 23.0 Å². The molecule has 12 rings (SSSR count). The Kier molecular flexibility index (Phi) is 15.8. The van der Waals surface area contributed by atoms with Crippen LogP contribution in [-0.4, -0.2) is 102 Å². The highest BCUT2D eigenvalue weighted by molar-refractivity contribution is 8.02. The number of Topliss-reactive ketones (excluding diaryl/α,β-unsaturated/α-hetero) is 2. The third kappa shape index (κ3) is 11.3. The first-order chi connectivity index (χ1) is 39.0. The molecule has 404 valence electrons. The molecule has 0 bridgehead atoms. The molecule has 5 unspecified atom stereocenters. The van der Waals surface area contributed by atoms with Gasteiger partial charge >= 0.3 is 0 Å². The van der Waals surface area contributed by atoms with Gasteiger partial charge in [-0.15, -0.1) is 23.5 Å². The van der Waals surface area contributed by atoms with Gasteiger partial charge in [-0.3, -0.25) is 28.8 Å². The highest BCUT2D eigenvalue weighted by Gasteiger charge is 2.53. The second kappa shape index (κ2) is 23.7. The number of benzene rings is 6. The van der Waals surface area contributed by atoms with Gasteiger partial charge in [-0.05, 0) is 103 Å².